The van der Waals surface area contributed by atoms with E-state index in [1.165, 1.54) is 6.20 Å². The van der Waals surface area contributed by atoms with Gasteiger partial charge in [0.25, 0.3) is 0 Å². The lowest BCUT2D eigenvalue weighted by Crippen LogP contribution is -2.12. The molecular weight excluding hydrogens is 298 g/mol. The van der Waals surface area contributed by atoms with Gasteiger partial charge < -0.3 is 10.4 Å². The molecule has 1 aromatic carbocycles. The molecule has 2 rings (SSSR count). The van der Waals surface area contributed by atoms with Gasteiger partial charge in [-0.3, -0.25) is 0 Å². The fourth-order valence-corrected chi connectivity index (χ4v) is 3.25. The Hall–Kier alpha value is -1.48. The second-order valence-corrected chi connectivity index (χ2v) is 6.97. The average Bonchev–Trinajstić information content (AvgIpc) is 2.88. The number of nitrogens with two attached hydrogens (primary N) is 1. The van der Waals surface area contributed by atoms with Crippen molar-refractivity contribution in [2.24, 2.45) is 5.14 Å². The molecule has 1 heterocycles. The number of anilines is 1. The van der Waals surface area contributed by atoms with Crippen molar-refractivity contribution in [1.82, 2.24) is 4.98 Å². The molecule has 0 unspecified atom stereocenters. The first-order valence-corrected chi connectivity index (χ1v) is 8.28. The number of primary sulfonamides is 1. The Labute approximate surface area is 121 Å². The number of aliphatic hydroxyl groups excluding tert-OH is 1. The van der Waals surface area contributed by atoms with Gasteiger partial charge in [-0.25, -0.2) is 18.5 Å². The van der Waals surface area contributed by atoms with E-state index in [1.807, 2.05) is 30.3 Å². The molecule has 0 saturated heterocycles. The first-order valence-electron chi connectivity index (χ1n) is 5.91. The number of nitrogens with zero attached hydrogens (tertiary/aromatic N) is 1. The number of sulfonamides is 1. The van der Waals surface area contributed by atoms with E-state index in [0.29, 0.717) is 11.6 Å². The van der Waals surface area contributed by atoms with Crippen LogP contribution in [0.15, 0.2) is 40.7 Å². The van der Waals surface area contributed by atoms with E-state index in [0.717, 1.165) is 16.9 Å². The maximum Gasteiger partial charge on any atom is 0.249 e. The Kier molecular flexibility index (Phi) is 4.71. The quantitative estimate of drug-likeness (QED) is 0.746. The van der Waals surface area contributed by atoms with Crippen molar-refractivity contribution in [3.63, 3.8) is 0 Å². The third kappa shape index (κ3) is 3.76. The highest BCUT2D eigenvalue weighted by Crippen LogP contribution is 2.27. The minimum Gasteiger partial charge on any atom is -0.396 e. The fourth-order valence-electron chi connectivity index (χ4n) is 1.74. The Morgan fingerprint density at radius 1 is 1.35 bits per heavy atom. The lowest BCUT2D eigenvalue weighted by Gasteiger charge is -2.17. The largest absolute Gasteiger partial charge is 0.396 e. The van der Waals surface area contributed by atoms with Crippen molar-refractivity contribution in [2.45, 2.75) is 16.7 Å². The summed E-state index contributed by atoms with van der Waals surface area (Å²) >= 11 is 0.972. The maximum absolute atomic E-state index is 11.2. The maximum atomic E-state index is 11.2. The molecule has 0 aliphatic carbocycles. The number of thiazole rings is 1. The van der Waals surface area contributed by atoms with Crippen molar-refractivity contribution >= 4 is 26.5 Å². The topological polar surface area (TPSA) is 105 Å². The van der Waals surface area contributed by atoms with Crippen LogP contribution in [0.2, 0.25) is 0 Å². The zero-order valence-electron chi connectivity index (χ0n) is 10.6. The molecule has 0 saturated carbocycles. The van der Waals surface area contributed by atoms with Crippen LogP contribution in [0.4, 0.5) is 5.13 Å². The van der Waals surface area contributed by atoms with E-state index in [2.05, 4.69) is 10.3 Å². The van der Waals surface area contributed by atoms with E-state index >= 15 is 0 Å². The van der Waals surface area contributed by atoms with Gasteiger partial charge in [0.2, 0.25) is 10.0 Å². The summed E-state index contributed by atoms with van der Waals surface area (Å²) < 4.78 is 22.4. The third-order valence-corrected chi connectivity index (χ3v) is 5.02. The number of aliphatic hydroxyl groups is 1. The molecule has 0 radical (unpaired) electrons. The van der Waals surface area contributed by atoms with Gasteiger partial charge in [0.05, 0.1) is 12.2 Å². The standard InChI is InChI=1S/C12H15N3O3S2/c13-20(17,18)11-8-14-12(19-11)15-10(6-7-16)9-4-2-1-3-5-9/h1-5,8,10,16H,6-7H2,(H,14,15)(H2,13,17,18)/t10-/m0/s1. The number of aromatic nitrogens is 1. The van der Waals surface area contributed by atoms with Crippen LogP contribution in [-0.4, -0.2) is 25.1 Å². The van der Waals surface area contributed by atoms with Gasteiger partial charge in [0.1, 0.15) is 0 Å². The van der Waals surface area contributed by atoms with Crippen molar-refractivity contribution < 1.29 is 13.5 Å². The highest BCUT2D eigenvalue weighted by atomic mass is 32.2. The molecule has 20 heavy (non-hydrogen) atoms. The molecule has 0 spiro atoms. The summed E-state index contributed by atoms with van der Waals surface area (Å²) in [4.78, 5) is 4.00. The molecule has 6 nitrogen and oxygen atoms in total. The number of nitrogens with one attached hydrogen (secondary N) is 1. The smallest absolute Gasteiger partial charge is 0.249 e. The Morgan fingerprint density at radius 3 is 2.60 bits per heavy atom. The number of rotatable bonds is 6. The third-order valence-electron chi connectivity index (χ3n) is 2.68. The normalized spacial score (nSPS) is 13.1. The molecule has 0 aliphatic heterocycles. The van der Waals surface area contributed by atoms with Crippen LogP contribution >= 0.6 is 11.3 Å². The van der Waals surface area contributed by atoms with Crippen LogP contribution in [-0.2, 0) is 10.0 Å². The summed E-state index contributed by atoms with van der Waals surface area (Å²) in [5, 5.41) is 17.8. The Bertz CT molecular complexity index is 656. The van der Waals surface area contributed by atoms with E-state index in [9.17, 15) is 8.42 Å². The van der Waals surface area contributed by atoms with E-state index in [-0.39, 0.29) is 16.9 Å². The van der Waals surface area contributed by atoms with Crippen LogP contribution in [0.25, 0.3) is 0 Å². The summed E-state index contributed by atoms with van der Waals surface area (Å²) in [6.45, 7) is 0.0139. The average molecular weight is 313 g/mol. The zero-order chi connectivity index (χ0) is 14.6. The lowest BCUT2D eigenvalue weighted by atomic mass is 10.0. The molecule has 1 atom stereocenters. The van der Waals surface area contributed by atoms with Gasteiger partial charge in [-0.05, 0) is 12.0 Å². The van der Waals surface area contributed by atoms with E-state index in [1.54, 1.807) is 0 Å². The van der Waals surface area contributed by atoms with Crippen LogP contribution in [0.3, 0.4) is 0 Å². The van der Waals surface area contributed by atoms with E-state index in [4.69, 9.17) is 10.2 Å². The van der Waals surface area contributed by atoms with Crippen molar-refractivity contribution in [1.29, 1.82) is 0 Å². The van der Waals surface area contributed by atoms with Crippen molar-refractivity contribution in [2.75, 3.05) is 11.9 Å². The predicted molar refractivity (Wildman–Crippen MR) is 78.0 cm³/mol. The molecule has 0 amide bonds. The minimum atomic E-state index is -3.73. The number of hydrogen-bond acceptors (Lipinski definition) is 6. The SMILES string of the molecule is NS(=O)(=O)c1cnc(N[C@@H](CCO)c2ccccc2)s1. The van der Waals surface area contributed by atoms with Crippen LogP contribution < -0.4 is 10.5 Å². The number of hydrogen-bond donors (Lipinski definition) is 3. The predicted octanol–water partition coefficient (Wildman–Crippen LogP) is 1.33. The van der Waals surface area contributed by atoms with Crippen LogP contribution in [0.5, 0.6) is 0 Å². The minimum absolute atomic E-state index is 0.0100. The van der Waals surface area contributed by atoms with Crippen molar-refractivity contribution in [3.8, 4) is 0 Å². The van der Waals surface area contributed by atoms with Gasteiger partial charge in [0, 0.05) is 6.61 Å². The summed E-state index contributed by atoms with van der Waals surface area (Å²) in [7, 11) is -3.73. The van der Waals surface area contributed by atoms with Crippen molar-refractivity contribution in [3.05, 3.63) is 42.1 Å². The highest BCUT2D eigenvalue weighted by Gasteiger charge is 2.16. The molecule has 8 heteroatoms. The molecule has 0 fully saturated rings. The van der Waals surface area contributed by atoms with Gasteiger partial charge in [0.15, 0.2) is 9.34 Å². The van der Waals surface area contributed by atoms with Crippen LogP contribution in [0.1, 0.15) is 18.0 Å². The van der Waals surface area contributed by atoms with Crippen LogP contribution in [0, 0.1) is 0 Å². The molecule has 4 N–H and O–H groups in total. The first kappa shape index (κ1) is 14.9. The molecular formula is C12H15N3O3S2. The van der Waals surface area contributed by atoms with E-state index < -0.39 is 10.0 Å². The summed E-state index contributed by atoms with van der Waals surface area (Å²) in [5.41, 5.74) is 0.994. The molecule has 0 bridgehead atoms. The summed E-state index contributed by atoms with van der Waals surface area (Å²) in [5.74, 6) is 0. The monoisotopic (exact) mass is 313 g/mol. The first-order chi connectivity index (χ1) is 9.50. The van der Waals surface area contributed by atoms with Gasteiger partial charge in [-0.1, -0.05) is 41.7 Å². The van der Waals surface area contributed by atoms with Gasteiger partial charge in [-0.15, -0.1) is 0 Å². The Balaban J connectivity index is 2.19. The van der Waals surface area contributed by atoms with Gasteiger partial charge in [-0.2, -0.15) is 0 Å². The summed E-state index contributed by atoms with van der Waals surface area (Å²) in [6.07, 6.45) is 1.72. The molecule has 1 aromatic heterocycles. The Morgan fingerprint density at radius 2 is 2.05 bits per heavy atom. The molecule has 108 valence electrons. The molecule has 2 aromatic rings. The second kappa shape index (κ2) is 6.31. The van der Waals surface area contributed by atoms with Gasteiger partial charge >= 0.3 is 0 Å². The molecule has 0 aliphatic rings. The summed E-state index contributed by atoms with van der Waals surface area (Å²) in [6, 6.07) is 9.43. The second-order valence-electron chi connectivity index (χ2n) is 4.15. The number of benzene rings is 1. The highest BCUT2D eigenvalue weighted by molar-refractivity contribution is 7.91. The fraction of sp³-hybridized carbons (Fsp3) is 0.250. The lowest BCUT2D eigenvalue weighted by molar-refractivity contribution is 0.280. The zero-order valence-corrected chi connectivity index (χ0v) is 12.2.